The highest BCUT2D eigenvalue weighted by atomic mass is 16.4. The number of carboxylic acids is 1. The quantitative estimate of drug-likeness (QED) is 0.636. The third-order valence-corrected chi connectivity index (χ3v) is 3.59. The molecule has 2 saturated carbocycles. The predicted octanol–water partition coefficient (Wildman–Crippen LogP) is 0.0932. The van der Waals surface area contributed by atoms with Gasteiger partial charge in [0, 0.05) is 12.1 Å². The van der Waals surface area contributed by atoms with E-state index in [1.54, 1.807) is 0 Å². The van der Waals surface area contributed by atoms with Gasteiger partial charge in [-0.05, 0) is 19.3 Å². The number of carbonyl (C=O) groups is 2. The van der Waals surface area contributed by atoms with Gasteiger partial charge >= 0.3 is 5.97 Å². The first-order valence-corrected chi connectivity index (χ1v) is 5.88. The first kappa shape index (κ1) is 11.4. The number of aliphatic carboxylic acids is 1. The molecule has 2 fully saturated rings. The maximum atomic E-state index is 11.7. The lowest BCUT2D eigenvalue weighted by Gasteiger charge is -2.29. The summed E-state index contributed by atoms with van der Waals surface area (Å²) in [5.74, 6) is -1.80. The van der Waals surface area contributed by atoms with Crippen molar-refractivity contribution in [2.75, 3.05) is 0 Å². The molecule has 16 heavy (non-hydrogen) atoms. The van der Waals surface area contributed by atoms with E-state index < -0.39 is 11.9 Å². The fourth-order valence-corrected chi connectivity index (χ4v) is 2.39. The lowest BCUT2D eigenvalue weighted by atomic mass is 9.91. The van der Waals surface area contributed by atoms with Crippen molar-refractivity contribution in [1.29, 1.82) is 0 Å². The van der Waals surface area contributed by atoms with Gasteiger partial charge in [0.1, 0.15) is 0 Å². The van der Waals surface area contributed by atoms with Gasteiger partial charge in [-0.1, -0.05) is 12.8 Å². The minimum atomic E-state index is -0.868. The van der Waals surface area contributed by atoms with Crippen molar-refractivity contribution in [3.05, 3.63) is 0 Å². The van der Waals surface area contributed by atoms with E-state index in [0.717, 1.165) is 25.7 Å². The molecule has 4 unspecified atom stereocenters. The molecule has 0 saturated heterocycles. The van der Waals surface area contributed by atoms with Crippen LogP contribution >= 0.6 is 0 Å². The van der Waals surface area contributed by atoms with E-state index in [1.165, 1.54) is 0 Å². The second-order valence-corrected chi connectivity index (χ2v) is 4.85. The van der Waals surface area contributed by atoms with Crippen molar-refractivity contribution < 1.29 is 14.7 Å². The standard InChI is InChI=1S/C11H18N2O3/c12-8-3-1-2-4-9(8)13-10(14)6-5-7(6)11(15)16/h6-9H,1-5,12H2,(H,13,14)(H,15,16). The Balaban J connectivity index is 1.81. The van der Waals surface area contributed by atoms with E-state index in [2.05, 4.69) is 5.32 Å². The average molecular weight is 226 g/mol. The highest BCUT2D eigenvalue weighted by Crippen LogP contribution is 2.39. The Kier molecular flexibility index (Phi) is 3.14. The Morgan fingerprint density at radius 3 is 2.44 bits per heavy atom. The summed E-state index contributed by atoms with van der Waals surface area (Å²) in [6.07, 6.45) is 4.54. The first-order valence-electron chi connectivity index (χ1n) is 5.88. The lowest BCUT2D eigenvalue weighted by molar-refractivity contribution is -0.140. The molecule has 2 rings (SSSR count). The molecule has 0 aromatic carbocycles. The number of hydrogen-bond donors (Lipinski definition) is 3. The van der Waals surface area contributed by atoms with Gasteiger partial charge in [-0.25, -0.2) is 0 Å². The molecule has 1 amide bonds. The molecule has 0 bridgehead atoms. The van der Waals surface area contributed by atoms with Gasteiger partial charge in [0.05, 0.1) is 11.8 Å². The van der Waals surface area contributed by atoms with Crippen LogP contribution in [0.2, 0.25) is 0 Å². The van der Waals surface area contributed by atoms with Gasteiger partial charge in [-0.2, -0.15) is 0 Å². The fraction of sp³-hybridized carbons (Fsp3) is 0.818. The molecule has 0 heterocycles. The van der Waals surface area contributed by atoms with E-state index >= 15 is 0 Å². The SMILES string of the molecule is NC1CCCCC1NC(=O)C1CC1C(=O)O. The van der Waals surface area contributed by atoms with Crippen LogP contribution in [0, 0.1) is 11.8 Å². The first-order chi connectivity index (χ1) is 7.59. The van der Waals surface area contributed by atoms with Gasteiger partial charge in [0.2, 0.25) is 5.91 Å². The van der Waals surface area contributed by atoms with Crippen molar-refractivity contribution >= 4 is 11.9 Å². The summed E-state index contributed by atoms with van der Waals surface area (Å²) in [6.45, 7) is 0. The lowest BCUT2D eigenvalue weighted by Crippen LogP contribution is -2.49. The van der Waals surface area contributed by atoms with E-state index in [4.69, 9.17) is 10.8 Å². The van der Waals surface area contributed by atoms with Crippen molar-refractivity contribution in [3.63, 3.8) is 0 Å². The van der Waals surface area contributed by atoms with Crippen LogP contribution in [0.1, 0.15) is 32.1 Å². The predicted molar refractivity (Wildman–Crippen MR) is 57.6 cm³/mol. The molecular formula is C11H18N2O3. The van der Waals surface area contributed by atoms with Crippen LogP contribution < -0.4 is 11.1 Å². The number of carboxylic acid groups (broad SMARTS) is 1. The van der Waals surface area contributed by atoms with E-state index in [0.29, 0.717) is 6.42 Å². The Morgan fingerprint density at radius 1 is 1.19 bits per heavy atom. The van der Waals surface area contributed by atoms with Crippen molar-refractivity contribution in [2.24, 2.45) is 17.6 Å². The van der Waals surface area contributed by atoms with Crippen LogP contribution in [0.25, 0.3) is 0 Å². The summed E-state index contributed by atoms with van der Waals surface area (Å²) in [6, 6.07) is 0.0658. The molecule has 0 aromatic rings. The number of hydrogen-bond acceptors (Lipinski definition) is 3. The summed E-state index contributed by atoms with van der Waals surface area (Å²) in [5, 5.41) is 11.6. The molecule has 0 radical (unpaired) electrons. The Bertz CT molecular complexity index is 306. The summed E-state index contributed by atoms with van der Waals surface area (Å²) in [7, 11) is 0. The van der Waals surface area contributed by atoms with Gasteiger partial charge < -0.3 is 16.2 Å². The monoisotopic (exact) mass is 226 g/mol. The molecule has 4 atom stereocenters. The maximum Gasteiger partial charge on any atom is 0.307 e. The fourth-order valence-electron chi connectivity index (χ4n) is 2.39. The van der Waals surface area contributed by atoms with E-state index in [-0.39, 0.29) is 23.9 Å². The molecule has 5 heteroatoms. The minimum absolute atomic E-state index is 0.0275. The van der Waals surface area contributed by atoms with Crippen LogP contribution in [-0.4, -0.2) is 29.1 Å². The van der Waals surface area contributed by atoms with Crippen LogP contribution in [0.5, 0.6) is 0 Å². The molecule has 0 aromatic heterocycles. The molecule has 5 nitrogen and oxygen atoms in total. The van der Waals surface area contributed by atoms with Crippen molar-refractivity contribution in [3.8, 4) is 0 Å². The van der Waals surface area contributed by atoms with E-state index in [9.17, 15) is 9.59 Å². The smallest absolute Gasteiger partial charge is 0.307 e. The van der Waals surface area contributed by atoms with Crippen molar-refractivity contribution in [2.45, 2.75) is 44.2 Å². The molecule has 90 valence electrons. The molecule has 2 aliphatic rings. The molecule has 0 spiro atoms. The summed E-state index contributed by atoms with van der Waals surface area (Å²) >= 11 is 0. The zero-order valence-electron chi connectivity index (χ0n) is 9.19. The summed E-state index contributed by atoms with van der Waals surface area (Å²) in [5.41, 5.74) is 5.91. The van der Waals surface area contributed by atoms with Crippen LogP contribution in [0.4, 0.5) is 0 Å². The van der Waals surface area contributed by atoms with Crippen molar-refractivity contribution in [1.82, 2.24) is 5.32 Å². The zero-order valence-corrected chi connectivity index (χ0v) is 9.19. The van der Waals surface area contributed by atoms with Crippen LogP contribution in [-0.2, 0) is 9.59 Å². The van der Waals surface area contributed by atoms with Gasteiger partial charge in [0.25, 0.3) is 0 Å². The second-order valence-electron chi connectivity index (χ2n) is 4.85. The molecular weight excluding hydrogens is 208 g/mol. The Hall–Kier alpha value is -1.10. The van der Waals surface area contributed by atoms with Crippen LogP contribution in [0.3, 0.4) is 0 Å². The summed E-state index contributed by atoms with van der Waals surface area (Å²) < 4.78 is 0. The molecule has 2 aliphatic carbocycles. The number of nitrogens with one attached hydrogen (secondary N) is 1. The third-order valence-electron chi connectivity index (χ3n) is 3.59. The normalized spacial score (nSPS) is 37.8. The highest BCUT2D eigenvalue weighted by Gasteiger charge is 2.48. The molecule has 0 aliphatic heterocycles. The Morgan fingerprint density at radius 2 is 1.88 bits per heavy atom. The number of rotatable bonds is 3. The summed E-state index contributed by atoms with van der Waals surface area (Å²) in [4.78, 5) is 22.3. The van der Waals surface area contributed by atoms with Crippen LogP contribution in [0.15, 0.2) is 0 Å². The second kappa shape index (κ2) is 4.41. The third kappa shape index (κ3) is 2.35. The number of carbonyl (C=O) groups excluding carboxylic acids is 1. The number of nitrogens with two attached hydrogens (primary N) is 1. The molecule has 4 N–H and O–H groups in total. The largest absolute Gasteiger partial charge is 0.481 e. The highest BCUT2D eigenvalue weighted by molar-refractivity contribution is 5.89. The van der Waals surface area contributed by atoms with Gasteiger partial charge in [0.15, 0.2) is 0 Å². The van der Waals surface area contributed by atoms with Gasteiger partial charge in [-0.15, -0.1) is 0 Å². The van der Waals surface area contributed by atoms with E-state index in [1.807, 2.05) is 0 Å². The minimum Gasteiger partial charge on any atom is -0.481 e. The number of amides is 1. The Labute approximate surface area is 94.4 Å². The maximum absolute atomic E-state index is 11.7. The topological polar surface area (TPSA) is 92.4 Å². The average Bonchev–Trinajstić information content (AvgIpc) is 3.01. The van der Waals surface area contributed by atoms with Gasteiger partial charge in [-0.3, -0.25) is 9.59 Å². The zero-order chi connectivity index (χ0) is 11.7.